The van der Waals surface area contributed by atoms with Gasteiger partial charge >= 0.3 is 0 Å². The molecule has 1 saturated heterocycles. The first kappa shape index (κ1) is 17.5. The number of carbonyl (C=O) groups excluding carboxylic acids is 1. The quantitative estimate of drug-likeness (QED) is 0.539. The molecular weight excluding hydrogens is 369 g/mol. The molecule has 1 aliphatic rings. The number of aromatic nitrogens is 4. The van der Waals surface area contributed by atoms with Gasteiger partial charge in [0.25, 0.3) is 5.91 Å². The second-order valence-electron chi connectivity index (χ2n) is 7.18. The van der Waals surface area contributed by atoms with Gasteiger partial charge in [-0.2, -0.15) is 5.10 Å². The lowest BCUT2D eigenvalue weighted by Gasteiger charge is -2.15. The summed E-state index contributed by atoms with van der Waals surface area (Å²) in [7, 11) is 0. The summed E-state index contributed by atoms with van der Waals surface area (Å²) in [4.78, 5) is 23.3. The Hall–Kier alpha value is -3.61. The van der Waals surface area contributed by atoms with E-state index in [4.69, 9.17) is 0 Å². The zero-order chi connectivity index (χ0) is 19.8. The molecule has 5 rings (SSSR count). The number of halogens is 1. The molecular formula is C22H18FN5O. The molecule has 1 aliphatic heterocycles. The van der Waals surface area contributed by atoms with Crippen molar-refractivity contribution in [3.63, 3.8) is 0 Å². The van der Waals surface area contributed by atoms with Gasteiger partial charge in [-0.05, 0) is 48.9 Å². The van der Waals surface area contributed by atoms with E-state index in [0.29, 0.717) is 18.7 Å². The van der Waals surface area contributed by atoms with Crippen LogP contribution in [0.4, 0.5) is 4.39 Å². The number of pyridine rings is 2. The van der Waals surface area contributed by atoms with E-state index in [0.717, 1.165) is 29.0 Å². The molecule has 7 heteroatoms. The van der Waals surface area contributed by atoms with Crippen molar-refractivity contribution < 1.29 is 9.18 Å². The van der Waals surface area contributed by atoms with Crippen LogP contribution in [0.2, 0.25) is 0 Å². The van der Waals surface area contributed by atoms with E-state index >= 15 is 0 Å². The Labute approximate surface area is 166 Å². The molecule has 4 heterocycles. The Bertz CT molecular complexity index is 1170. The highest BCUT2D eigenvalue weighted by Crippen LogP contribution is 2.27. The van der Waals surface area contributed by atoms with Crippen molar-refractivity contribution in [3.8, 4) is 11.1 Å². The second-order valence-corrected chi connectivity index (χ2v) is 7.18. The van der Waals surface area contributed by atoms with Crippen LogP contribution in [0.3, 0.4) is 0 Å². The highest BCUT2D eigenvalue weighted by Gasteiger charge is 2.30. The van der Waals surface area contributed by atoms with Crippen molar-refractivity contribution in [2.45, 2.75) is 12.3 Å². The fourth-order valence-corrected chi connectivity index (χ4v) is 3.71. The van der Waals surface area contributed by atoms with Crippen molar-refractivity contribution in [2.24, 2.45) is 0 Å². The third kappa shape index (κ3) is 3.35. The zero-order valence-electron chi connectivity index (χ0n) is 15.6. The summed E-state index contributed by atoms with van der Waals surface area (Å²) >= 11 is 0. The van der Waals surface area contributed by atoms with E-state index in [9.17, 15) is 9.18 Å². The number of fused-ring (bicyclic) bond motifs is 1. The maximum absolute atomic E-state index is 13.1. The molecule has 3 aromatic heterocycles. The fraction of sp³-hybridized carbons (Fsp3) is 0.182. The number of rotatable bonds is 3. The molecule has 0 spiro atoms. The predicted molar refractivity (Wildman–Crippen MR) is 106 cm³/mol. The third-order valence-electron chi connectivity index (χ3n) is 5.27. The maximum atomic E-state index is 13.1. The molecule has 144 valence electrons. The monoisotopic (exact) mass is 387 g/mol. The number of nitrogens with zero attached hydrogens (tertiary/aromatic N) is 5. The molecule has 1 amide bonds. The van der Waals surface area contributed by atoms with Gasteiger partial charge in [-0.15, -0.1) is 0 Å². The average Bonchev–Trinajstić information content (AvgIpc) is 3.41. The molecule has 0 bridgehead atoms. The maximum Gasteiger partial charge on any atom is 0.253 e. The highest BCUT2D eigenvalue weighted by atomic mass is 19.1. The zero-order valence-corrected chi connectivity index (χ0v) is 15.6. The Balaban J connectivity index is 1.36. The van der Waals surface area contributed by atoms with Gasteiger partial charge in [-0.25, -0.2) is 13.9 Å². The van der Waals surface area contributed by atoms with E-state index in [2.05, 4.69) is 15.1 Å². The van der Waals surface area contributed by atoms with Crippen LogP contribution in [0.5, 0.6) is 0 Å². The lowest BCUT2D eigenvalue weighted by atomic mass is 10.1. The molecule has 0 aliphatic carbocycles. The van der Waals surface area contributed by atoms with E-state index in [1.54, 1.807) is 15.6 Å². The van der Waals surface area contributed by atoms with Crippen LogP contribution in [0.15, 0.2) is 67.1 Å². The van der Waals surface area contributed by atoms with Gasteiger partial charge in [0.2, 0.25) is 0 Å². The van der Waals surface area contributed by atoms with Crippen LogP contribution in [0.25, 0.3) is 16.8 Å². The lowest BCUT2D eigenvalue weighted by molar-refractivity contribution is 0.0790. The molecule has 0 unspecified atom stereocenters. The van der Waals surface area contributed by atoms with E-state index in [1.807, 2.05) is 36.7 Å². The number of hydrogen-bond acceptors (Lipinski definition) is 4. The van der Waals surface area contributed by atoms with Gasteiger partial charge in [-0.3, -0.25) is 9.78 Å². The molecule has 0 radical (unpaired) electrons. The predicted octanol–water partition coefficient (Wildman–Crippen LogP) is 3.56. The molecule has 4 aromatic rings. The Morgan fingerprint density at radius 1 is 1.07 bits per heavy atom. The summed E-state index contributed by atoms with van der Waals surface area (Å²) in [6, 6.07) is 13.5. The highest BCUT2D eigenvalue weighted by molar-refractivity contribution is 5.94. The summed E-state index contributed by atoms with van der Waals surface area (Å²) in [6.45, 7) is 1.19. The minimum Gasteiger partial charge on any atom is -0.338 e. The molecule has 1 fully saturated rings. The topological polar surface area (TPSA) is 63.4 Å². The molecule has 1 atom stereocenters. The molecule has 6 nitrogen and oxygen atoms in total. The summed E-state index contributed by atoms with van der Waals surface area (Å²) < 4.78 is 14.9. The Morgan fingerprint density at radius 3 is 2.72 bits per heavy atom. The van der Waals surface area contributed by atoms with E-state index in [-0.39, 0.29) is 17.6 Å². The normalized spacial score (nSPS) is 16.4. The number of benzene rings is 1. The summed E-state index contributed by atoms with van der Waals surface area (Å²) in [6.07, 6.45) is 6.31. The second kappa shape index (κ2) is 7.09. The molecule has 29 heavy (non-hydrogen) atoms. The van der Waals surface area contributed by atoms with Gasteiger partial charge in [0.15, 0.2) is 11.5 Å². The number of hydrogen-bond donors (Lipinski definition) is 0. The first-order valence-electron chi connectivity index (χ1n) is 9.49. The lowest BCUT2D eigenvalue weighted by Crippen LogP contribution is -2.28. The molecule has 1 aromatic carbocycles. The largest absolute Gasteiger partial charge is 0.338 e. The van der Waals surface area contributed by atoms with Crippen LogP contribution < -0.4 is 0 Å². The number of likely N-dealkylation sites (tertiary alicyclic amines) is 1. The summed E-state index contributed by atoms with van der Waals surface area (Å²) in [5, 5.41) is 4.66. The first-order chi connectivity index (χ1) is 14.2. The number of carbonyl (C=O) groups is 1. The van der Waals surface area contributed by atoms with Gasteiger partial charge in [-0.1, -0.05) is 6.07 Å². The summed E-state index contributed by atoms with van der Waals surface area (Å²) in [5.41, 5.74) is 3.30. The van der Waals surface area contributed by atoms with Crippen molar-refractivity contribution >= 4 is 11.6 Å². The first-order valence-corrected chi connectivity index (χ1v) is 9.49. The van der Waals surface area contributed by atoms with Crippen molar-refractivity contribution in [1.82, 2.24) is 24.5 Å². The van der Waals surface area contributed by atoms with Crippen molar-refractivity contribution in [2.75, 3.05) is 13.1 Å². The molecule has 0 N–H and O–H groups in total. The van der Waals surface area contributed by atoms with E-state index in [1.165, 1.54) is 24.3 Å². The van der Waals surface area contributed by atoms with Crippen LogP contribution in [-0.4, -0.2) is 43.5 Å². The third-order valence-corrected chi connectivity index (χ3v) is 5.27. The Morgan fingerprint density at radius 2 is 1.93 bits per heavy atom. The SMILES string of the molecule is O=C(c1ccc(F)cc1)N1CC[C@@H](c2nc3ccc(-c4cccnc4)cn3n2)C1. The smallest absolute Gasteiger partial charge is 0.253 e. The van der Waals surface area contributed by atoms with Gasteiger partial charge in [0.1, 0.15) is 5.82 Å². The van der Waals surface area contributed by atoms with Gasteiger partial charge in [0, 0.05) is 54.3 Å². The van der Waals surface area contributed by atoms with Crippen molar-refractivity contribution in [3.05, 3.63) is 84.3 Å². The molecule has 0 saturated carbocycles. The fourth-order valence-electron chi connectivity index (χ4n) is 3.71. The standard InChI is InChI=1S/C22H18FN5O/c23-19-6-3-15(4-7-19)22(29)27-11-9-18(13-27)21-25-20-8-5-17(14-28(20)26-21)16-2-1-10-24-12-16/h1-8,10,12,14,18H,9,11,13H2/t18-/m1/s1. The van der Waals surface area contributed by atoms with Crippen LogP contribution in [0, 0.1) is 5.82 Å². The minimum absolute atomic E-state index is 0.0844. The van der Waals surface area contributed by atoms with Gasteiger partial charge in [0.05, 0.1) is 0 Å². The van der Waals surface area contributed by atoms with Crippen LogP contribution in [0.1, 0.15) is 28.5 Å². The average molecular weight is 387 g/mol. The van der Waals surface area contributed by atoms with Crippen LogP contribution >= 0.6 is 0 Å². The Kier molecular flexibility index (Phi) is 4.27. The minimum atomic E-state index is -0.347. The van der Waals surface area contributed by atoms with E-state index < -0.39 is 0 Å². The number of amides is 1. The van der Waals surface area contributed by atoms with Crippen LogP contribution in [-0.2, 0) is 0 Å². The van der Waals surface area contributed by atoms with Gasteiger partial charge < -0.3 is 4.90 Å². The van der Waals surface area contributed by atoms with Crippen molar-refractivity contribution in [1.29, 1.82) is 0 Å². The summed E-state index contributed by atoms with van der Waals surface area (Å²) in [5.74, 6) is 0.388.